The SMILES string of the molecule is Cc1ccc(C(=O)Oc2ccc3c(=O)c(Oc4ccccc4C(C)C)coc3c2)cc1. The molecule has 3 aromatic carbocycles. The Morgan fingerprint density at radius 3 is 2.42 bits per heavy atom. The van der Waals surface area contributed by atoms with Gasteiger partial charge in [-0.2, -0.15) is 0 Å². The third-order valence-corrected chi connectivity index (χ3v) is 4.97. The predicted molar refractivity (Wildman–Crippen MR) is 119 cm³/mol. The number of rotatable bonds is 5. The number of aryl methyl sites for hydroxylation is 1. The number of fused-ring (bicyclic) bond motifs is 1. The molecule has 0 aliphatic carbocycles. The van der Waals surface area contributed by atoms with E-state index < -0.39 is 5.97 Å². The predicted octanol–water partition coefficient (Wildman–Crippen LogP) is 6.24. The fraction of sp³-hybridized carbons (Fsp3) is 0.154. The maximum atomic E-state index is 12.9. The average Bonchev–Trinajstić information content (AvgIpc) is 2.76. The van der Waals surface area contributed by atoms with Gasteiger partial charge >= 0.3 is 5.97 Å². The first-order chi connectivity index (χ1) is 14.9. The number of para-hydroxylation sites is 1. The highest BCUT2D eigenvalue weighted by Crippen LogP contribution is 2.30. The number of carbonyl (C=O) groups excluding carboxylic acids is 1. The molecule has 0 fully saturated rings. The summed E-state index contributed by atoms with van der Waals surface area (Å²) in [6, 6.07) is 19.3. The minimum Gasteiger partial charge on any atom is -0.460 e. The van der Waals surface area contributed by atoms with Gasteiger partial charge in [0.1, 0.15) is 23.3 Å². The summed E-state index contributed by atoms with van der Waals surface area (Å²) < 4.78 is 16.9. The topological polar surface area (TPSA) is 65.7 Å². The monoisotopic (exact) mass is 414 g/mol. The Balaban J connectivity index is 1.60. The van der Waals surface area contributed by atoms with E-state index in [4.69, 9.17) is 13.9 Å². The van der Waals surface area contributed by atoms with Crippen molar-refractivity contribution >= 4 is 16.9 Å². The first-order valence-corrected chi connectivity index (χ1v) is 10.0. The molecule has 0 saturated heterocycles. The zero-order chi connectivity index (χ0) is 22.0. The van der Waals surface area contributed by atoms with E-state index in [1.54, 1.807) is 24.3 Å². The number of benzene rings is 3. The molecule has 0 radical (unpaired) electrons. The third-order valence-electron chi connectivity index (χ3n) is 4.97. The van der Waals surface area contributed by atoms with Gasteiger partial charge in [-0.3, -0.25) is 4.79 Å². The van der Waals surface area contributed by atoms with E-state index in [0.29, 0.717) is 28.0 Å². The van der Waals surface area contributed by atoms with Crippen LogP contribution in [0.2, 0.25) is 0 Å². The Hall–Kier alpha value is -3.86. The Labute approximate surface area is 179 Å². The summed E-state index contributed by atoms with van der Waals surface area (Å²) in [5.74, 6) is 0.777. The fourth-order valence-corrected chi connectivity index (χ4v) is 3.25. The highest BCUT2D eigenvalue weighted by molar-refractivity contribution is 5.91. The summed E-state index contributed by atoms with van der Waals surface area (Å²) in [7, 11) is 0. The molecule has 1 aromatic heterocycles. The molecule has 0 aliphatic rings. The molecule has 0 spiro atoms. The van der Waals surface area contributed by atoms with Crippen LogP contribution in [0.15, 0.2) is 82.2 Å². The first kappa shape index (κ1) is 20.4. The van der Waals surface area contributed by atoms with Crippen LogP contribution in [0.5, 0.6) is 17.2 Å². The lowest BCUT2D eigenvalue weighted by molar-refractivity contribution is 0.0735. The molecule has 0 aliphatic heterocycles. The normalized spacial score (nSPS) is 11.0. The molecule has 0 saturated carbocycles. The smallest absolute Gasteiger partial charge is 0.343 e. The van der Waals surface area contributed by atoms with Crippen molar-refractivity contribution in [2.45, 2.75) is 26.7 Å². The van der Waals surface area contributed by atoms with Crippen molar-refractivity contribution in [2.24, 2.45) is 0 Å². The second-order valence-electron chi connectivity index (χ2n) is 7.64. The largest absolute Gasteiger partial charge is 0.460 e. The minimum absolute atomic E-state index is 0.102. The van der Waals surface area contributed by atoms with Gasteiger partial charge in [0.2, 0.25) is 11.2 Å². The number of hydrogen-bond acceptors (Lipinski definition) is 5. The van der Waals surface area contributed by atoms with Crippen LogP contribution in [0.4, 0.5) is 0 Å². The van der Waals surface area contributed by atoms with Gasteiger partial charge in [0.05, 0.1) is 10.9 Å². The van der Waals surface area contributed by atoms with Gasteiger partial charge in [0.15, 0.2) is 0 Å². The fourth-order valence-electron chi connectivity index (χ4n) is 3.25. The van der Waals surface area contributed by atoms with Gasteiger partial charge in [0.25, 0.3) is 0 Å². The van der Waals surface area contributed by atoms with E-state index in [-0.39, 0.29) is 17.1 Å². The molecule has 5 nitrogen and oxygen atoms in total. The van der Waals surface area contributed by atoms with Crippen LogP contribution in [0.3, 0.4) is 0 Å². The molecular formula is C26H22O5. The maximum absolute atomic E-state index is 12.9. The lowest BCUT2D eigenvalue weighted by atomic mass is 10.0. The van der Waals surface area contributed by atoms with Gasteiger partial charge in [0, 0.05) is 6.07 Å². The highest BCUT2D eigenvalue weighted by atomic mass is 16.5. The number of hydrogen-bond donors (Lipinski definition) is 0. The highest BCUT2D eigenvalue weighted by Gasteiger charge is 2.15. The van der Waals surface area contributed by atoms with E-state index in [9.17, 15) is 9.59 Å². The Morgan fingerprint density at radius 2 is 1.68 bits per heavy atom. The van der Waals surface area contributed by atoms with E-state index in [2.05, 4.69) is 13.8 Å². The summed E-state index contributed by atoms with van der Waals surface area (Å²) in [4.78, 5) is 25.2. The van der Waals surface area contributed by atoms with Crippen molar-refractivity contribution in [3.63, 3.8) is 0 Å². The van der Waals surface area contributed by atoms with Crippen molar-refractivity contribution in [2.75, 3.05) is 0 Å². The lowest BCUT2D eigenvalue weighted by Gasteiger charge is -2.13. The molecule has 0 atom stereocenters. The van der Waals surface area contributed by atoms with Gasteiger partial charge in [-0.25, -0.2) is 4.79 Å². The van der Waals surface area contributed by atoms with Gasteiger partial charge < -0.3 is 13.9 Å². The second kappa shape index (κ2) is 8.48. The van der Waals surface area contributed by atoms with Crippen LogP contribution in [0.1, 0.15) is 41.3 Å². The summed E-state index contributed by atoms with van der Waals surface area (Å²) in [6.07, 6.45) is 1.29. The molecule has 1 heterocycles. The lowest BCUT2D eigenvalue weighted by Crippen LogP contribution is -2.09. The van der Waals surface area contributed by atoms with Crippen molar-refractivity contribution in [1.82, 2.24) is 0 Å². The van der Waals surface area contributed by atoms with Crippen LogP contribution in [0, 0.1) is 6.92 Å². The molecule has 31 heavy (non-hydrogen) atoms. The van der Waals surface area contributed by atoms with Crippen molar-refractivity contribution in [3.05, 3.63) is 99.9 Å². The standard InChI is InChI=1S/C26H22O5/c1-16(2)20-6-4-5-7-22(20)31-24-15-29-23-14-19(12-13-21(23)25(24)27)30-26(28)18-10-8-17(3)9-11-18/h4-16H,1-3H3. The zero-order valence-electron chi connectivity index (χ0n) is 17.5. The average molecular weight is 414 g/mol. The van der Waals surface area contributed by atoms with Crippen molar-refractivity contribution < 1.29 is 18.7 Å². The molecule has 0 N–H and O–H groups in total. The molecule has 4 rings (SSSR count). The quantitative estimate of drug-likeness (QED) is 0.286. The summed E-state index contributed by atoms with van der Waals surface area (Å²) >= 11 is 0. The Morgan fingerprint density at radius 1 is 0.935 bits per heavy atom. The van der Waals surface area contributed by atoms with Crippen LogP contribution < -0.4 is 14.9 Å². The van der Waals surface area contributed by atoms with E-state index in [1.807, 2.05) is 43.3 Å². The summed E-state index contributed by atoms with van der Waals surface area (Å²) in [5.41, 5.74) is 2.51. The Bertz CT molecular complexity index is 1300. The number of ether oxygens (including phenoxy) is 2. The summed E-state index contributed by atoms with van der Waals surface area (Å²) in [6.45, 7) is 6.06. The molecule has 0 amide bonds. The van der Waals surface area contributed by atoms with E-state index in [0.717, 1.165) is 11.1 Å². The van der Waals surface area contributed by atoms with Crippen LogP contribution in [-0.4, -0.2) is 5.97 Å². The van der Waals surface area contributed by atoms with Gasteiger partial charge in [-0.15, -0.1) is 0 Å². The van der Waals surface area contributed by atoms with Crippen LogP contribution in [0.25, 0.3) is 11.0 Å². The third kappa shape index (κ3) is 4.36. The van der Waals surface area contributed by atoms with Crippen LogP contribution in [-0.2, 0) is 0 Å². The van der Waals surface area contributed by atoms with Crippen LogP contribution >= 0.6 is 0 Å². The molecule has 0 bridgehead atoms. The first-order valence-electron chi connectivity index (χ1n) is 10.0. The number of carbonyl (C=O) groups is 1. The zero-order valence-corrected chi connectivity index (χ0v) is 17.5. The number of esters is 1. The maximum Gasteiger partial charge on any atom is 0.343 e. The van der Waals surface area contributed by atoms with Gasteiger partial charge in [-0.1, -0.05) is 49.7 Å². The minimum atomic E-state index is -0.480. The second-order valence-corrected chi connectivity index (χ2v) is 7.64. The van der Waals surface area contributed by atoms with Crippen molar-refractivity contribution in [3.8, 4) is 17.2 Å². The molecule has 0 unspecified atom stereocenters. The van der Waals surface area contributed by atoms with Crippen molar-refractivity contribution in [1.29, 1.82) is 0 Å². The Kier molecular flexibility index (Phi) is 5.58. The van der Waals surface area contributed by atoms with Gasteiger partial charge in [-0.05, 0) is 48.7 Å². The van der Waals surface area contributed by atoms with E-state index >= 15 is 0 Å². The molecule has 4 aromatic rings. The molecule has 5 heteroatoms. The molecule has 156 valence electrons. The molecular weight excluding hydrogens is 392 g/mol. The van der Waals surface area contributed by atoms with E-state index in [1.165, 1.54) is 12.3 Å². The summed E-state index contributed by atoms with van der Waals surface area (Å²) in [5, 5.41) is 0.342.